The van der Waals surface area contributed by atoms with Crippen LogP contribution in [0.4, 0.5) is 0 Å². The molecule has 0 atom stereocenters. The number of aromatic hydroxyl groups is 1. The average Bonchev–Trinajstić information content (AvgIpc) is 2.48. The van der Waals surface area contributed by atoms with Gasteiger partial charge in [-0.05, 0) is 48.0 Å². The Morgan fingerprint density at radius 2 is 1.83 bits per heavy atom. The van der Waals surface area contributed by atoms with E-state index in [0.717, 1.165) is 0 Å². The molecule has 2 aromatic carbocycles. The lowest BCUT2D eigenvalue weighted by Gasteiger charge is -2.04. The SMILES string of the molecule is O=C(O)Cc1cc(C(=O)/C=C/c2ccc(Cl)cc2Cl)ccc1O. The molecule has 2 N–H and O–H groups in total. The molecule has 6 heteroatoms. The Bertz CT molecular complexity index is 797. The van der Waals surface area contributed by atoms with Gasteiger partial charge in [0.1, 0.15) is 5.75 Å². The summed E-state index contributed by atoms with van der Waals surface area (Å²) in [6, 6.07) is 8.99. The first kappa shape index (κ1) is 17.1. The van der Waals surface area contributed by atoms with Gasteiger partial charge in [-0.3, -0.25) is 9.59 Å². The molecule has 0 bridgehead atoms. The molecule has 0 amide bonds. The van der Waals surface area contributed by atoms with E-state index in [0.29, 0.717) is 15.6 Å². The molecule has 2 aromatic rings. The number of carboxylic acid groups (broad SMARTS) is 1. The minimum atomic E-state index is -1.09. The van der Waals surface area contributed by atoms with Crippen LogP contribution in [0.5, 0.6) is 5.75 Å². The lowest BCUT2D eigenvalue weighted by Crippen LogP contribution is -2.02. The third-order valence-electron chi connectivity index (χ3n) is 3.08. The number of benzene rings is 2. The van der Waals surface area contributed by atoms with Crippen LogP contribution in [0, 0.1) is 0 Å². The molecule has 4 nitrogen and oxygen atoms in total. The molecule has 0 aromatic heterocycles. The second-order valence-electron chi connectivity index (χ2n) is 4.78. The number of allylic oxidation sites excluding steroid dienone is 1. The zero-order valence-electron chi connectivity index (χ0n) is 11.8. The largest absolute Gasteiger partial charge is 0.508 e. The fraction of sp³-hybridized carbons (Fsp3) is 0.0588. The van der Waals surface area contributed by atoms with Gasteiger partial charge in [0.2, 0.25) is 0 Å². The zero-order chi connectivity index (χ0) is 17.0. The third-order valence-corrected chi connectivity index (χ3v) is 3.64. The van der Waals surface area contributed by atoms with Gasteiger partial charge in [-0.25, -0.2) is 0 Å². The maximum Gasteiger partial charge on any atom is 0.307 e. The first-order chi connectivity index (χ1) is 10.9. The molecule has 0 heterocycles. The van der Waals surface area contributed by atoms with Crippen molar-refractivity contribution in [3.8, 4) is 5.75 Å². The maximum absolute atomic E-state index is 12.2. The van der Waals surface area contributed by atoms with Crippen LogP contribution in [-0.2, 0) is 11.2 Å². The number of carbonyl (C=O) groups excluding carboxylic acids is 1. The number of phenols is 1. The number of hydrogen-bond donors (Lipinski definition) is 2. The Balaban J connectivity index is 2.23. The fourth-order valence-electron chi connectivity index (χ4n) is 1.94. The molecule has 0 saturated heterocycles. The number of hydrogen-bond acceptors (Lipinski definition) is 3. The summed E-state index contributed by atoms with van der Waals surface area (Å²) in [6.45, 7) is 0. The summed E-state index contributed by atoms with van der Waals surface area (Å²) < 4.78 is 0. The number of halogens is 2. The molecule has 0 saturated carbocycles. The quantitative estimate of drug-likeness (QED) is 0.625. The van der Waals surface area contributed by atoms with Crippen molar-refractivity contribution in [3.05, 3.63) is 69.2 Å². The van der Waals surface area contributed by atoms with Gasteiger partial charge in [0, 0.05) is 21.2 Å². The van der Waals surface area contributed by atoms with Crippen molar-refractivity contribution in [2.45, 2.75) is 6.42 Å². The highest BCUT2D eigenvalue weighted by Gasteiger charge is 2.10. The highest BCUT2D eigenvalue weighted by molar-refractivity contribution is 6.35. The second-order valence-corrected chi connectivity index (χ2v) is 5.62. The van der Waals surface area contributed by atoms with Gasteiger partial charge in [-0.15, -0.1) is 0 Å². The van der Waals surface area contributed by atoms with Gasteiger partial charge in [0.15, 0.2) is 5.78 Å². The van der Waals surface area contributed by atoms with E-state index in [9.17, 15) is 14.7 Å². The van der Waals surface area contributed by atoms with Crippen LogP contribution >= 0.6 is 23.2 Å². The van der Waals surface area contributed by atoms with Crippen molar-refractivity contribution in [2.75, 3.05) is 0 Å². The number of carbonyl (C=O) groups is 2. The van der Waals surface area contributed by atoms with Crippen molar-refractivity contribution in [3.63, 3.8) is 0 Å². The Hall–Kier alpha value is -2.30. The van der Waals surface area contributed by atoms with Gasteiger partial charge in [0.05, 0.1) is 6.42 Å². The molecule has 0 radical (unpaired) electrons. The number of phenolic OH excluding ortho intramolecular Hbond substituents is 1. The van der Waals surface area contributed by atoms with E-state index >= 15 is 0 Å². The topological polar surface area (TPSA) is 74.6 Å². The van der Waals surface area contributed by atoms with Gasteiger partial charge in [-0.2, -0.15) is 0 Å². The van der Waals surface area contributed by atoms with Gasteiger partial charge >= 0.3 is 5.97 Å². The van der Waals surface area contributed by atoms with E-state index in [-0.39, 0.29) is 29.1 Å². The lowest BCUT2D eigenvalue weighted by molar-refractivity contribution is -0.136. The first-order valence-electron chi connectivity index (χ1n) is 6.58. The van der Waals surface area contributed by atoms with Gasteiger partial charge in [0.25, 0.3) is 0 Å². The predicted octanol–water partition coefficient (Wildman–Crippen LogP) is 4.22. The van der Waals surface area contributed by atoms with Crippen molar-refractivity contribution in [2.24, 2.45) is 0 Å². The van der Waals surface area contributed by atoms with E-state index in [1.54, 1.807) is 24.3 Å². The highest BCUT2D eigenvalue weighted by atomic mass is 35.5. The number of rotatable bonds is 5. The fourth-order valence-corrected chi connectivity index (χ4v) is 2.41. The first-order valence-corrected chi connectivity index (χ1v) is 7.33. The highest BCUT2D eigenvalue weighted by Crippen LogP contribution is 2.23. The van der Waals surface area contributed by atoms with Crippen LogP contribution in [0.1, 0.15) is 21.5 Å². The molecule has 118 valence electrons. The summed E-state index contributed by atoms with van der Waals surface area (Å²) in [7, 11) is 0. The minimum absolute atomic E-state index is 0.159. The smallest absolute Gasteiger partial charge is 0.307 e. The van der Waals surface area contributed by atoms with Crippen molar-refractivity contribution in [1.29, 1.82) is 0 Å². The molecule has 0 unspecified atom stereocenters. The molecule has 2 rings (SSSR count). The van der Waals surface area contributed by atoms with Gasteiger partial charge < -0.3 is 10.2 Å². The van der Waals surface area contributed by atoms with Crippen molar-refractivity contribution >= 4 is 41.0 Å². The molecular weight excluding hydrogens is 339 g/mol. The van der Waals surface area contributed by atoms with E-state index in [1.807, 2.05) is 0 Å². The van der Waals surface area contributed by atoms with Crippen LogP contribution in [0.2, 0.25) is 10.0 Å². The Morgan fingerprint density at radius 3 is 2.48 bits per heavy atom. The van der Waals surface area contributed by atoms with Crippen LogP contribution in [0.25, 0.3) is 6.08 Å². The lowest BCUT2D eigenvalue weighted by atomic mass is 10.0. The molecule has 23 heavy (non-hydrogen) atoms. The molecular formula is C17H12Cl2O4. The second kappa shape index (κ2) is 7.31. The number of aliphatic carboxylic acids is 1. The van der Waals surface area contributed by atoms with Crippen LogP contribution in [0.3, 0.4) is 0 Å². The molecule has 0 fully saturated rings. The predicted molar refractivity (Wildman–Crippen MR) is 89.3 cm³/mol. The number of ketones is 1. The standard InChI is InChI=1S/C17H12Cl2O4/c18-13-4-1-10(14(19)9-13)2-5-15(20)11-3-6-16(21)12(7-11)8-17(22)23/h1-7,9,21H,8H2,(H,22,23)/b5-2+. The van der Waals surface area contributed by atoms with E-state index < -0.39 is 5.97 Å². The Kier molecular flexibility index (Phi) is 5.42. The molecule has 0 aliphatic rings. The summed E-state index contributed by atoms with van der Waals surface area (Å²) in [6.07, 6.45) is 2.51. The Morgan fingerprint density at radius 1 is 1.09 bits per heavy atom. The summed E-state index contributed by atoms with van der Waals surface area (Å²) >= 11 is 11.8. The van der Waals surface area contributed by atoms with Gasteiger partial charge in [-0.1, -0.05) is 29.3 Å². The van der Waals surface area contributed by atoms with E-state index in [4.69, 9.17) is 28.3 Å². The summed E-state index contributed by atoms with van der Waals surface area (Å²) in [5.41, 5.74) is 1.09. The molecule has 0 aliphatic carbocycles. The Labute approximate surface area is 142 Å². The molecule has 0 spiro atoms. The zero-order valence-corrected chi connectivity index (χ0v) is 13.3. The summed E-state index contributed by atoms with van der Waals surface area (Å²) in [5, 5.41) is 19.3. The number of carboxylic acids is 1. The average molecular weight is 351 g/mol. The summed E-state index contributed by atoms with van der Waals surface area (Å²) in [5.74, 6) is -1.58. The van der Waals surface area contributed by atoms with Crippen LogP contribution in [-0.4, -0.2) is 22.0 Å². The third kappa shape index (κ3) is 4.58. The van der Waals surface area contributed by atoms with Crippen LogP contribution < -0.4 is 0 Å². The monoisotopic (exact) mass is 350 g/mol. The summed E-state index contributed by atoms with van der Waals surface area (Å²) in [4.78, 5) is 22.9. The molecule has 0 aliphatic heterocycles. The van der Waals surface area contributed by atoms with Crippen molar-refractivity contribution in [1.82, 2.24) is 0 Å². The van der Waals surface area contributed by atoms with E-state index in [2.05, 4.69) is 0 Å². The van der Waals surface area contributed by atoms with E-state index in [1.165, 1.54) is 24.3 Å². The normalized spacial score (nSPS) is 10.9. The maximum atomic E-state index is 12.2. The van der Waals surface area contributed by atoms with Crippen molar-refractivity contribution < 1.29 is 19.8 Å². The van der Waals surface area contributed by atoms with Crippen LogP contribution in [0.15, 0.2) is 42.5 Å². The minimum Gasteiger partial charge on any atom is -0.508 e.